The van der Waals surface area contributed by atoms with E-state index < -0.39 is 28.9 Å². The summed E-state index contributed by atoms with van der Waals surface area (Å²) in [6.45, 7) is 0. The van der Waals surface area contributed by atoms with Gasteiger partial charge in [-0.05, 0) is 48.7 Å². The molecule has 1 aliphatic rings. The monoisotopic (exact) mass is 324 g/mol. The summed E-state index contributed by atoms with van der Waals surface area (Å²) in [5, 5.41) is 0. The molecule has 0 amide bonds. The highest BCUT2D eigenvalue weighted by molar-refractivity contribution is 5.88. The van der Waals surface area contributed by atoms with Gasteiger partial charge < -0.3 is 4.74 Å². The molecular formula is C17H12F4O2. The Morgan fingerprint density at radius 3 is 2.26 bits per heavy atom. The predicted molar refractivity (Wildman–Crippen MR) is 74.4 cm³/mol. The SMILES string of the molecule is O=C(Oc1cccc(C(F)(F)F)c1)C1(c2ccc(F)cc2)CC1. The minimum absolute atomic E-state index is 0.154. The van der Waals surface area contributed by atoms with Crippen LogP contribution in [0, 0.1) is 5.82 Å². The van der Waals surface area contributed by atoms with E-state index in [1.165, 1.54) is 36.4 Å². The van der Waals surface area contributed by atoms with Gasteiger partial charge in [-0.3, -0.25) is 4.79 Å². The van der Waals surface area contributed by atoms with Crippen molar-refractivity contribution in [3.05, 3.63) is 65.5 Å². The van der Waals surface area contributed by atoms with Gasteiger partial charge in [0.2, 0.25) is 0 Å². The van der Waals surface area contributed by atoms with E-state index in [9.17, 15) is 22.4 Å². The third-order valence-corrected chi connectivity index (χ3v) is 3.91. The number of hydrogen-bond acceptors (Lipinski definition) is 2. The summed E-state index contributed by atoms with van der Waals surface area (Å²) in [5.74, 6) is -1.20. The summed E-state index contributed by atoms with van der Waals surface area (Å²) < 4.78 is 56.1. The Morgan fingerprint density at radius 2 is 1.70 bits per heavy atom. The van der Waals surface area contributed by atoms with Crippen LogP contribution in [0.5, 0.6) is 5.75 Å². The smallest absolute Gasteiger partial charge is 0.416 e. The van der Waals surface area contributed by atoms with E-state index in [4.69, 9.17) is 4.74 Å². The standard InChI is InChI=1S/C17H12F4O2/c18-13-6-4-11(5-7-13)16(8-9-16)15(22)23-14-3-1-2-12(10-14)17(19,20)21/h1-7,10H,8-9H2. The maximum Gasteiger partial charge on any atom is 0.416 e. The van der Waals surface area contributed by atoms with Crippen LogP contribution in [0.15, 0.2) is 48.5 Å². The summed E-state index contributed by atoms with van der Waals surface area (Å²) >= 11 is 0. The highest BCUT2D eigenvalue weighted by Crippen LogP contribution is 2.49. The molecule has 1 aliphatic carbocycles. The first-order valence-electron chi connectivity index (χ1n) is 6.97. The van der Waals surface area contributed by atoms with Crippen molar-refractivity contribution in [3.63, 3.8) is 0 Å². The first-order valence-corrected chi connectivity index (χ1v) is 6.97. The van der Waals surface area contributed by atoms with E-state index >= 15 is 0 Å². The quantitative estimate of drug-likeness (QED) is 0.473. The van der Waals surface area contributed by atoms with Crippen molar-refractivity contribution < 1.29 is 27.1 Å². The molecule has 6 heteroatoms. The Morgan fingerprint density at radius 1 is 1.04 bits per heavy atom. The Labute approximate surface area is 129 Å². The Hall–Kier alpha value is -2.37. The third kappa shape index (κ3) is 3.06. The second-order valence-electron chi connectivity index (χ2n) is 5.50. The van der Waals surface area contributed by atoms with Crippen molar-refractivity contribution in [1.29, 1.82) is 0 Å². The lowest BCUT2D eigenvalue weighted by Crippen LogP contribution is -2.26. The number of alkyl halides is 3. The van der Waals surface area contributed by atoms with Crippen molar-refractivity contribution in [1.82, 2.24) is 0 Å². The molecule has 0 aliphatic heterocycles. The molecule has 2 aromatic rings. The molecule has 0 N–H and O–H groups in total. The van der Waals surface area contributed by atoms with E-state index in [-0.39, 0.29) is 5.75 Å². The van der Waals surface area contributed by atoms with Crippen LogP contribution in [-0.4, -0.2) is 5.97 Å². The highest BCUT2D eigenvalue weighted by Gasteiger charge is 2.53. The molecule has 2 aromatic carbocycles. The molecule has 0 saturated heterocycles. The average Bonchev–Trinajstić information content (AvgIpc) is 3.29. The zero-order valence-corrected chi connectivity index (χ0v) is 11.9. The Kier molecular flexibility index (Phi) is 3.62. The predicted octanol–water partition coefficient (Wildman–Crippen LogP) is 4.48. The lowest BCUT2D eigenvalue weighted by atomic mass is 9.96. The maximum atomic E-state index is 13.0. The average molecular weight is 324 g/mol. The number of rotatable bonds is 3. The van der Waals surface area contributed by atoms with Gasteiger partial charge in [0, 0.05) is 0 Å². The molecule has 0 bridgehead atoms. The van der Waals surface area contributed by atoms with Crippen LogP contribution in [0.4, 0.5) is 17.6 Å². The maximum absolute atomic E-state index is 13.0. The van der Waals surface area contributed by atoms with Gasteiger partial charge in [-0.15, -0.1) is 0 Å². The van der Waals surface area contributed by atoms with Crippen LogP contribution in [0.1, 0.15) is 24.0 Å². The summed E-state index contributed by atoms with van der Waals surface area (Å²) in [6, 6.07) is 9.66. The van der Waals surface area contributed by atoms with Crippen molar-refractivity contribution in [2.45, 2.75) is 24.4 Å². The molecular weight excluding hydrogens is 312 g/mol. The number of ether oxygens (including phenoxy) is 1. The largest absolute Gasteiger partial charge is 0.426 e. The molecule has 0 unspecified atom stereocenters. The molecule has 23 heavy (non-hydrogen) atoms. The van der Waals surface area contributed by atoms with Gasteiger partial charge in [0.05, 0.1) is 11.0 Å². The highest BCUT2D eigenvalue weighted by atomic mass is 19.4. The molecule has 3 rings (SSSR count). The number of carbonyl (C=O) groups excluding carboxylic acids is 1. The van der Waals surface area contributed by atoms with E-state index in [2.05, 4.69) is 0 Å². The zero-order chi connectivity index (χ0) is 16.7. The molecule has 0 atom stereocenters. The molecule has 0 aromatic heterocycles. The van der Waals surface area contributed by atoms with Crippen LogP contribution in [-0.2, 0) is 16.4 Å². The van der Waals surface area contributed by atoms with Crippen LogP contribution in [0.3, 0.4) is 0 Å². The van der Waals surface area contributed by atoms with E-state index in [1.807, 2.05) is 0 Å². The molecule has 120 valence electrons. The minimum atomic E-state index is -4.50. The molecule has 1 saturated carbocycles. The fraction of sp³-hybridized carbons (Fsp3) is 0.235. The summed E-state index contributed by atoms with van der Waals surface area (Å²) in [7, 11) is 0. The van der Waals surface area contributed by atoms with Gasteiger partial charge in [-0.2, -0.15) is 13.2 Å². The number of esters is 1. The van der Waals surface area contributed by atoms with Crippen molar-refractivity contribution >= 4 is 5.97 Å². The van der Waals surface area contributed by atoms with Crippen LogP contribution in [0.25, 0.3) is 0 Å². The zero-order valence-electron chi connectivity index (χ0n) is 11.9. The minimum Gasteiger partial charge on any atom is -0.426 e. The second kappa shape index (κ2) is 5.37. The summed E-state index contributed by atoms with van der Waals surface area (Å²) in [6.07, 6.45) is -3.45. The fourth-order valence-electron chi connectivity index (χ4n) is 2.45. The molecule has 0 heterocycles. The fourth-order valence-corrected chi connectivity index (χ4v) is 2.45. The topological polar surface area (TPSA) is 26.3 Å². The van der Waals surface area contributed by atoms with Gasteiger partial charge in [0.15, 0.2) is 0 Å². The molecule has 1 fully saturated rings. The van der Waals surface area contributed by atoms with Gasteiger partial charge in [0.25, 0.3) is 0 Å². The number of halogens is 4. The van der Waals surface area contributed by atoms with Crippen LogP contribution in [0.2, 0.25) is 0 Å². The lowest BCUT2D eigenvalue weighted by molar-refractivity contribution is -0.140. The van der Waals surface area contributed by atoms with Gasteiger partial charge in [-0.25, -0.2) is 4.39 Å². The second-order valence-corrected chi connectivity index (χ2v) is 5.50. The number of benzene rings is 2. The van der Waals surface area contributed by atoms with Gasteiger partial charge in [-0.1, -0.05) is 18.2 Å². The normalized spacial score (nSPS) is 16.0. The van der Waals surface area contributed by atoms with Crippen LogP contribution < -0.4 is 4.74 Å². The number of carbonyl (C=O) groups is 1. The number of hydrogen-bond donors (Lipinski definition) is 0. The van der Waals surface area contributed by atoms with E-state index in [0.29, 0.717) is 18.4 Å². The first kappa shape index (κ1) is 15.5. The Balaban J connectivity index is 1.81. The van der Waals surface area contributed by atoms with Crippen LogP contribution >= 0.6 is 0 Å². The van der Waals surface area contributed by atoms with Crippen molar-refractivity contribution in [3.8, 4) is 5.75 Å². The van der Waals surface area contributed by atoms with E-state index in [0.717, 1.165) is 12.1 Å². The van der Waals surface area contributed by atoms with Gasteiger partial charge >= 0.3 is 12.1 Å². The molecule has 0 spiro atoms. The van der Waals surface area contributed by atoms with Crippen molar-refractivity contribution in [2.75, 3.05) is 0 Å². The summed E-state index contributed by atoms with van der Waals surface area (Å²) in [4.78, 5) is 12.3. The third-order valence-electron chi connectivity index (χ3n) is 3.91. The Bertz CT molecular complexity index is 731. The molecule has 2 nitrogen and oxygen atoms in total. The van der Waals surface area contributed by atoms with Crippen molar-refractivity contribution in [2.24, 2.45) is 0 Å². The molecule has 0 radical (unpaired) electrons. The first-order chi connectivity index (χ1) is 10.8. The van der Waals surface area contributed by atoms with Gasteiger partial charge in [0.1, 0.15) is 11.6 Å². The lowest BCUT2D eigenvalue weighted by Gasteiger charge is -2.15. The summed E-state index contributed by atoms with van der Waals surface area (Å²) in [5.41, 5.74) is -1.16. The van der Waals surface area contributed by atoms with E-state index in [1.54, 1.807) is 0 Å².